The summed E-state index contributed by atoms with van der Waals surface area (Å²) in [6.45, 7) is 7.40. The summed E-state index contributed by atoms with van der Waals surface area (Å²) in [5.41, 5.74) is 0.983. The summed E-state index contributed by atoms with van der Waals surface area (Å²) in [6.07, 6.45) is 4.20. The third-order valence-electron chi connectivity index (χ3n) is 3.41. The fraction of sp³-hybridized carbons (Fsp3) is 0. The number of aromatic amines is 1. The molecule has 3 aromatic rings. The van der Waals surface area contributed by atoms with Crippen LogP contribution in [0.1, 0.15) is 11.1 Å². The molecule has 0 fully saturated rings. The van der Waals surface area contributed by atoms with Gasteiger partial charge in [-0.15, -0.1) is 11.3 Å². The topological polar surface area (TPSA) is 108 Å². The van der Waals surface area contributed by atoms with E-state index in [1.54, 1.807) is 0 Å². The van der Waals surface area contributed by atoms with E-state index in [0.29, 0.717) is 25.5 Å². The van der Waals surface area contributed by atoms with Crippen LogP contribution in [-0.4, -0.2) is 28.7 Å². The summed E-state index contributed by atoms with van der Waals surface area (Å²) in [5, 5.41) is 17.4. The summed E-state index contributed by atoms with van der Waals surface area (Å²) in [5.74, 6) is -0.0663. The van der Waals surface area contributed by atoms with Crippen molar-refractivity contribution in [3.05, 3.63) is 53.1 Å². The van der Waals surface area contributed by atoms with Crippen LogP contribution in [0.3, 0.4) is 0 Å². The Morgan fingerprint density at radius 2 is 2.04 bits per heavy atom. The lowest BCUT2D eigenvalue weighted by atomic mass is 10.0. The molecule has 2 aromatic heterocycles. The second-order valence-corrected chi connectivity index (χ2v) is 9.72. The number of phenolic OH excluding ortho intramolecular Hbond substituents is 1. The van der Waals surface area contributed by atoms with Gasteiger partial charge in [0.25, 0.3) is 10.0 Å². The van der Waals surface area contributed by atoms with Gasteiger partial charge in [-0.3, -0.25) is 9.82 Å². The highest BCUT2D eigenvalue weighted by Gasteiger charge is 2.22. The SMILES string of the molecule is C=Cc1c(NS(=O)(=O)c2ccc(Cl)s2)cc(Sc2ncn[nH]2)c(O)c1C=C. The molecule has 0 amide bonds. The molecule has 1 aromatic carbocycles. The van der Waals surface area contributed by atoms with Gasteiger partial charge in [0, 0.05) is 11.1 Å². The van der Waals surface area contributed by atoms with Gasteiger partial charge in [-0.2, -0.15) is 5.10 Å². The van der Waals surface area contributed by atoms with Crippen LogP contribution in [0, 0.1) is 0 Å². The molecule has 3 N–H and O–H groups in total. The first-order valence-corrected chi connectivity index (χ1v) is 10.8. The molecular weight excluding hydrogens is 428 g/mol. The highest BCUT2D eigenvalue weighted by atomic mass is 35.5. The van der Waals surface area contributed by atoms with E-state index in [4.69, 9.17) is 11.6 Å². The van der Waals surface area contributed by atoms with Gasteiger partial charge in [0.1, 0.15) is 16.3 Å². The Morgan fingerprint density at radius 3 is 2.59 bits per heavy atom. The van der Waals surface area contributed by atoms with Crippen LogP contribution >= 0.6 is 34.7 Å². The van der Waals surface area contributed by atoms with Gasteiger partial charge in [0.05, 0.1) is 14.9 Å². The third kappa shape index (κ3) is 4.03. The van der Waals surface area contributed by atoms with Gasteiger partial charge in [0.15, 0.2) is 5.16 Å². The van der Waals surface area contributed by atoms with Gasteiger partial charge in [-0.1, -0.05) is 36.9 Å². The molecule has 0 atom stereocenters. The van der Waals surface area contributed by atoms with Crippen LogP contribution in [0.15, 0.2) is 51.9 Å². The predicted octanol–water partition coefficient (Wildman–Crippen LogP) is 4.46. The number of benzene rings is 1. The fourth-order valence-electron chi connectivity index (χ4n) is 2.26. The summed E-state index contributed by atoms with van der Waals surface area (Å²) in [4.78, 5) is 4.36. The van der Waals surface area contributed by atoms with E-state index in [1.807, 2.05) is 0 Å². The standard InChI is InChI=1S/C16H13ClN4O3S3/c1-3-9-10(4-2)15(22)12(25-16-18-8-19-20-16)7-11(9)21-27(23,24)14-6-5-13(17)26-14/h3-8,21-22H,1-2H2,(H,18,19,20). The zero-order valence-corrected chi connectivity index (χ0v) is 16.8. The molecule has 7 nitrogen and oxygen atoms in total. The normalized spacial score (nSPS) is 11.3. The lowest BCUT2D eigenvalue weighted by Gasteiger charge is -2.16. The molecule has 0 spiro atoms. The first kappa shape index (κ1) is 19.5. The third-order valence-corrected chi connectivity index (χ3v) is 7.42. The van der Waals surface area contributed by atoms with Gasteiger partial charge >= 0.3 is 0 Å². The number of sulfonamides is 1. The smallest absolute Gasteiger partial charge is 0.271 e. The van der Waals surface area contributed by atoms with E-state index in [1.165, 1.54) is 36.7 Å². The molecule has 0 aliphatic rings. The Hall–Kier alpha value is -2.27. The molecule has 140 valence electrons. The maximum absolute atomic E-state index is 12.7. The summed E-state index contributed by atoms with van der Waals surface area (Å²) in [7, 11) is -3.87. The van der Waals surface area contributed by atoms with Crippen molar-refractivity contribution in [3.8, 4) is 5.75 Å². The number of aromatic hydroxyl groups is 1. The van der Waals surface area contributed by atoms with E-state index < -0.39 is 10.0 Å². The zero-order valence-electron chi connectivity index (χ0n) is 13.6. The molecule has 0 aliphatic heterocycles. The first-order valence-electron chi connectivity index (χ1n) is 7.32. The number of anilines is 1. The van der Waals surface area contributed by atoms with Gasteiger partial charge < -0.3 is 5.11 Å². The number of hydrogen-bond acceptors (Lipinski definition) is 7. The average molecular weight is 441 g/mol. The molecule has 3 rings (SSSR count). The molecule has 0 aliphatic carbocycles. The van der Waals surface area contributed by atoms with Crippen LogP contribution in [-0.2, 0) is 10.0 Å². The van der Waals surface area contributed by atoms with E-state index in [2.05, 4.69) is 33.1 Å². The van der Waals surface area contributed by atoms with Gasteiger partial charge in [0.2, 0.25) is 0 Å². The molecule has 0 unspecified atom stereocenters. The molecule has 0 saturated carbocycles. The van der Waals surface area contributed by atoms with E-state index in [0.717, 1.165) is 23.1 Å². The van der Waals surface area contributed by atoms with Crippen molar-refractivity contribution in [2.24, 2.45) is 0 Å². The van der Waals surface area contributed by atoms with Crippen LogP contribution in [0.2, 0.25) is 4.34 Å². The highest BCUT2D eigenvalue weighted by Crippen LogP contribution is 2.42. The number of halogens is 1. The summed E-state index contributed by atoms with van der Waals surface area (Å²) < 4.78 is 28.3. The largest absolute Gasteiger partial charge is 0.506 e. The number of H-pyrrole nitrogens is 1. The fourth-order valence-corrected chi connectivity index (χ4v) is 5.60. The molecule has 2 heterocycles. The van der Waals surface area contributed by atoms with Crippen molar-refractivity contribution in [1.82, 2.24) is 15.2 Å². The number of aromatic nitrogens is 3. The number of phenols is 1. The van der Waals surface area contributed by atoms with E-state index in [-0.39, 0.29) is 15.6 Å². The molecule has 11 heteroatoms. The van der Waals surface area contributed by atoms with Gasteiger partial charge in [-0.05, 0) is 30.0 Å². The number of nitrogens with zero attached hydrogens (tertiary/aromatic N) is 2. The van der Waals surface area contributed by atoms with Crippen molar-refractivity contribution in [2.75, 3.05) is 4.72 Å². The Labute approximate surface area is 168 Å². The average Bonchev–Trinajstić information content (AvgIpc) is 3.29. The maximum Gasteiger partial charge on any atom is 0.271 e. The lowest BCUT2D eigenvalue weighted by Crippen LogP contribution is -2.13. The van der Waals surface area contributed by atoms with E-state index >= 15 is 0 Å². The molecule has 0 radical (unpaired) electrons. The molecule has 27 heavy (non-hydrogen) atoms. The van der Waals surface area contributed by atoms with Crippen molar-refractivity contribution >= 4 is 62.6 Å². The van der Waals surface area contributed by atoms with Crippen molar-refractivity contribution < 1.29 is 13.5 Å². The maximum atomic E-state index is 12.7. The number of nitrogens with one attached hydrogen (secondary N) is 2. The minimum Gasteiger partial charge on any atom is -0.506 e. The summed E-state index contributed by atoms with van der Waals surface area (Å²) >= 11 is 7.88. The Morgan fingerprint density at radius 1 is 1.30 bits per heavy atom. The molecule has 0 bridgehead atoms. The van der Waals surface area contributed by atoms with Crippen molar-refractivity contribution in [1.29, 1.82) is 0 Å². The van der Waals surface area contributed by atoms with Crippen molar-refractivity contribution in [3.63, 3.8) is 0 Å². The van der Waals surface area contributed by atoms with Crippen LogP contribution < -0.4 is 4.72 Å². The molecule has 0 saturated heterocycles. The predicted molar refractivity (Wildman–Crippen MR) is 109 cm³/mol. The zero-order chi connectivity index (χ0) is 19.6. The van der Waals surface area contributed by atoms with E-state index in [9.17, 15) is 13.5 Å². The second kappa shape index (κ2) is 7.77. The number of hydrogen-bond donors (Lipinski definition) is 3. The minimum atomic E-state index is -3.87. The minimum absolute atomic E-state index is 0.0663. The Bertz CT molecular complexity index is 1110. The quantitative estimate of drug-likeness (QED) is 0.468. The number of rotatable bonds is 7. The number of thiophene rings is 1. The van der Waals surface area contributed by atoms with Gasteiger partial charge in [-0.25, -0.2) is 13.4 Å². The van der Waals surface area contributed by atoms with Crippen molar-refractivity contribution in [2.45, 2.75) is 14.3 Å². The van der Waals surface area contributed by atoms with Crippen LogP contribution in [0.4, 0.5) is 5.69 Å². The Kier molecular flexibility index (Phi) is 5.61. The monoisotopic (exact) mass is 440 g/mol. The highest BCUT2D eigenvalue weighted by molar-refractivity contribution is 7.99. The second-order valence-electron chi connectivity index (χ2n) is 5.06. The first-order chi connectivity index (χ1) is 12.9. The lowest BCUT2D eigenvalue weighted by molar-refractivity contribution is 0.461. The molecular formula is C16H13ClN4O3S3. The van der Waals surface area contributed by atoms with Crippen LogP contribution in [0.25, 0.3) is 12.2 Å². The Balaban J connectivity index is 2.10. The summed E-state index contributed by atoms with van der Waals surface area (Å²) in [6, 6.07) is 4.42. The van der Waals surface area contributed by atoms with Crippen LogP contribution in [0.5, 0.6) is 5.75 Å².